The van der Waals surface area contributed by atoms with E-state index in [1.54, 1.807) is 0 Å². The highest BCUT2D eigenvalue weighted by Crippen LogP contribution is 2.24. The second-order valence-electron chi connectivity index (χ2n) is 3.91. The Balaban J connectivity index is 2.51. The van der Waals surface area contributed by atoms with Crippen molar-refractivity contribution in [2.45, 2.75) is 20.0 Å². The Kier molecular flexibility index (Phi) is 2.56. The van der Waals surface area contributed by atoms with Crippen LogP contribution >= 0.6 is 0 Å². The first kappa shape index (κ1) is 10.5. The summed E-state index contributed by atoms with van der Waals surface area (Å²) in [4.78, 5) is 14.8. The number of nitrogen functional groups attached to an aromatic ring is 1. The van der Waals surface area contributed by atoms with Crippen LogP contribution < -0.4 is 5.73 Å². The number of fused-ring (bicyclic) bond motifs is 1. The van der Waals surface area contributed by atoms with Crippen LogP contribution in [0.15, 0.2) is 24.3 Å². The number of nitrogens with two attached hydrogens (primary N) is 1. The van der Waals surface area contributed by atoms with Crippen LogP contribution in [0.25, 0.3) is 10.9 Å². The molecule has 84 valence electrons. The molecule has 0 aliphatic carbocycles. The average Bonchev–Trinajstić information content (AvgIpc) is 2.52. The van der Waals surface area contributed by atoms with E-state index in [-0.39, 0.29) is 12.1 Å². The first-order valence-corrected chi connectivity index (χ1v) is 5.16. The van der Waals surface area contributed by atoms with Gasteiger partial charge in [-0.05, 0) is 19.9 Å². The molecule has 0 aliphatic rings. The molecule has 1 aromatic carbocycles. The lowest BCUT2D eigenvalue weighted by Gasteiger charge is -2.07. The summed E-state index contributed by atoms with van der Waals surface area (Å²) in [5, 5.41) is 0.797. The summed E-state index contributed by atoms with van der Waals surface area (Å²) >= 11 is 0. The molecule has 0 radical (unpaired) electrons. The van der Waals surface area contributed by atoms with Crippen LogP contribution in [0.2, 0.25) is 0 Å². The van der Waals surface area contributed by atoms with E-state index in [0.29, 0.717) is 11.4 Å². The number of ether oxygens (including phenoxy) is 1. The van der Waals surface area contributed by atoms with Crippen molar-refractivity contribution in [3.8, 4) is 0 Å². The van der Waals surface area contributed by atoms with Gasteiger partial charge in [-0.3, -0.25) is 0 Å². The number of nitrogens with one attached hydrogen (secondary N) is 1. The van der Waals surface area contributed by atoms with Gasteiger partial charge in [-0.25, -0.2) is 4.79 Å². The molecule has 1 heterocycles. The summed E-state index contributed by atoms with van der Waals surface area (Å²) in [6.45, 7) is 3.62. The van der Waals surface area contributed by atoms with Gasteiger partial charge in [0.25, 0.3) is 0 Å². The first-order valence-electron chi connectivity index (χ1n) is 5.16. The molecule has 16 heavy (non-hydrogen) atoms. The molecule has 0 saturated heterocycles. The molecule has 4 nitrogen and oxygen atoms in total. The fourth-order valence-corrected chi connectivity index (χ4v) is 1.66. The molecule has 3 N–H and O–H groups in total. The number of para-hydroxylation sites is 1. The molecule has 0 atom stereocenters. The van der Waals surface area contributed by atoms with E-state index in [1.807, 2.05) is 38.1 Å². The lowest BCUT2D eigenvalue weighted by atomic mass is 10.1. The first-order chi connectivity index (χ1) is 7.59. The van der Waals surface area contributed by atoms with Crippen molar-refractivity contribution in [3.05, 3.63) is 29.8 Å². The largest absolute Gasteiger partial charge is 0.459 e. The van der Waals surface area contributed by atoms with Gasteiger partial charge in [-0.2, -0.15) is 0 Å². The normalized spacial score (nSPS) is 10.9. The summed E-state index contributed by atoms with van der Waals surface area (Å²) in [6.07, 6.45) is -0.152. The number of aromatic nitrogens is 1. The number of rotatable bonds is 2. The van der Waals surface area contributed by atoms with Crippen LogP contribution in [0.1, 0.15) is 24.2 Å². The molecule has 0 unspecified atom stereocenters. The number of hydrogen-bond donors (Lipinski definition) is 2. The maximum atomic E-state index is 11.8. The van der Waals surface area contributed by atoms with Crippen molar-refractivity contribution in [3.63, 3.8) is 0 Å². The van der Waals surface area contributed by atoms with Crippen LogP contribution in [-0.4, -0.2) is 17.1 Å². The fourth-order valence-electron chi connectivity index (χ4n) is 1.66. The summed E-state index contributed by atoms with van der Waals surface area (Å²) in [6, 6.07) is 7.47. The van der Waals surface area contributed by atoms with Gasteiger partial charge in [0.15, 0.2) is 0 Å². The minimum absolute atomic E-state index is 0.152. The number of benzene rings is 1. The van der Waals surface area contributed by atoms with Gasteiger partial charge in [-0.1, -0.05) is 18.2 Å². The Bertz CT molecular complexity index is 529. The van der Waals surface area contributed by atoms with Gasteiger partial charge in [0.2, 0.25) is 0 Å². The van der Waals surface area contributed by atoms with Crippen LogP contribution in [-0.2, 0) is 4.74 Å². The van der Waals surface area contributed by atoms with E-state index in [9.17, 15) is 4.79 Å². The van der Waals surface area contributed by atoms with E-state index in [4.69, 9.17) is 10.5 Å². The zero-order chi connectivity index (χ0) is 11.7. The number of carbonyl (C=O) groups excluding carboxylic acids is 1. The van der Waals surface area contributed by atoms with E-state index in [0.717, 1.165) is 10.9 Å². The third kappa shape index (κ3) is 1.74. The van der Waals surface area contributed by atoms with Gasteiger partial charge in [-0.15, -0.1) is 0 Å². The maximum Gasteiger partial charge on any atom is 0.342 e. The number of carbonyl (C=O) groups is 1. The molecule has 0 bridgehead atoms. The van der Waals surface area contributed by atoms with Crippen molar-refractivity contribution < 1.29 is 9.53 Å². The van der Waals surface area contributed by atoms with Gasteiger partial charge >= 0.3 is 5.97 Å². The van der Waals surface area contributed by atoms with E-state index < -0.39 is 0 Å². The third-order valence-corrected chi connectivity index (χ3v) is 2.28. The summed E-state index contributed by atoms with van der Waals surface area (Å²) in [5.41, 5.74) is 7.04. The average molecular weight is 218 g/mol. The van der Waals surface area contributed by atoms with Crippen LogP contribution in [0.5, 0.6) is 0 Å². The second-order valence-corrected chi connectivity index (χ2v) is 3.91. The van der Waals surface area contributed by atoms with E-state index in [2.05, 4.69) is 4.98 Å². The number of esters is 1. The molecule has 4 heteroatoms. The third-order valence-electron chi connectivity index (χ3n) is 2.28. The molecule has 2 aromatic rings. The molecular weight excluding hydrogens is 204 g/mol. The lowest BCUT2D eigenvalue weighted by molar-refractivity contribution is 0.0381. The summed E-state index contributed by atoms with van der Waals surface area (Å²) < 4.78 is 5.14. The molecule has 0 amide bonds. The van der Waals surface area contributed by atoms with Gasteiger partial charge in [0, 0.05) is 10.9 Å². The monoisotopic (exact) mass is 218 g/mol. The Morgan fingerprint density at radius 3 is 2.75 bits per heavy atom. The molecule has 0 saturated carbocycles. The molecule has 1 aromatic heterocycles. The molecule has 0 fully saturated rings. The number of H-pyrrole nitrogens is 1. The highest BCUT2D eigenvalue weighted by molar-refractivity contribution is 6.08. The van der Waals surface area contributed by atoms with E-state index >= 15 is 0 Å². The quantitative estimate of drug-likeness (QED) is 0.760. The minimum Gasteiger partial charge on any atom is -0.459 e. The lowest BCUT2D eigenvalue weighted by Crippen LogP contribution is -2.12. The summed E-state index contributed by atoms with van der Waals surface area (Å²) in [5.74, 6) is -0.0307. The molecule has 0 aliphatic heterocycles. The van der Waals surface area contributed by atoms with Gasteiger partial charge in [0.1, 0.15) is 11.4 Å². The SMILES string of the molecule is CC(C)OC(=O)c1c(N)[nH]c2ccccc12. The standard InChI is InChI=1S/C12H14N2O2/c1-7(2)16-12(15)10-8-5-3-4-6-9(8)14-11(10)13/h3-7,14H,13H2,1-2H3. The highest BCUT2D eigenvalue weighted by Gasteiger charge is 2.18. The maximum absolute atomic E-state index is 11.8. The minimum atomic E-state index is -0.384. The topological polar surface area (TPSA) is 68.1 Å². The van der Waals surface area contributed by atoms with Crippen molar-refractivity contribution in [2.24, 2.45) is 0 Å². The molecular formula is C12H14N2O2. The zero-order valence-corrected chi connectivity index (χ0v) is 9.28. The fraction of sp³-hybridized carbons (Fsp3) is 0.250. The highest BCUT2D eigenvalue weighted by atomic mass is 16.5. The smallest absolute Gasteiger partial charge is 0.342 e. The van der Waals surface area contributed by atoms with Gasteiger partial charge in [0.05, 0.1) is 6.10 Å². The number of aromatic amines is 1. The van der Waals surface area contributed by atoms with Crippen molar-refractivity contribution in [1.82, 2.24) is 4.98 Å². The van der Waals surface area contributed by atoms with Crippen molar-refractivity contribution in [2.75, 3.05) is 5.73 Å². The number of anilines is 1. The predicted molar refractivity (Wildman–Crippen MR) is 63.3 cm³/mol. The van der Waals surface area contributed by atoms with Crippen LogP contribution in [0.4, 0.5) is 5.82 Å². The Labute approximate surface area is 93.4 Å². The van der Waals surface area contributed by atoms with Gasteiger partial charge < -0.3 is 15.5 Å². The van der Waals surface area contributed by atoms with Crippen molar-refractivity contribution >= 4 is 22.7 Å². The summed E-state index contributed by atoms with van der Waals surface area (Å²) in [7, 11) is 0. The van der Waals surface area contributed by atoms with Crippen LogP contribution in [0.3, 0.4) is 0 Å². The second kappa shape index (κ2) is 3.89. The molecule has 0 spiro atoms. The van der Waals surface area contributed by atoms with E-state index in [1.165, 1.54) is 0 Å². The number of hydrogen-bond acceptors (Lipinski definition) is 3. The molecule has 2 rings (SSSR count). The predicted octanol–water partition coefficient (Wildman–Crippen LogP) is 2.32. The zero-order valence-electron chi connectivity index (χ0n) is 9.28. The van der Waals surface area contributed by atoms with Crippen molar-refractivity contribution in [1.29, 1.82) is 0 Å². The van der Waals surface area contributed by atoms with Crippen LogP contribution in [0, 0.1) is 0 Å². The Hall–Kier alpha value is -1.97. The Morgan fingerprint density at radius 2 is 2.06 bits per heavy atom. The Morgan fingerprint density at radius 1 is 1.38 bits per heavy atom.